The van der Waals surface area contributed by atoms with Crippen molar-refractivity contribution in [3.05, 3.63) is 42.5 Å². The van der Waals surface area contributed by atoms with Crippen LogP contribution >= 0.6 is 11.3 Å². The van der Waals surface area contributed by atoms with Crippen LogP contribution in [0, 0.1) is 5.92 Å². The van der Waals surface area contributed by atoms with Gasteiger partial charge in [0.15, 0.2) is 0 Å². The number of hydrogen-bond donors (Lipinski definition) is 1. The first-order chi connectivity index (χ1) is 16.1. The molecule has 1 fully saturated rings. The summed E-state index contributed by atoms with van der Waals surface area (Å²) in [4.78, 5) is 39.9. The van der Waals surface area contributed by atoms with E-state index >= 15 is 0 Å². The molecule has 1 saturated heterocycles. The quantitative estimate of drug-likeness (QED) is 0.458. The maximum absolute atomic E-state index is 13.0. The Bertz CT molecular complexity index is 1350. The predicted octanol–water partition coefficient (Wildman–Crippen LogP) is 5.11. The van der Waals surface area contributed by atoms with E-state index in [1.54, 1.807) is 16.2 Å². The van der Waals surface area contributed by atoms with Crippen molar-refractivity contribution < 1.29 is 9.59 Å². The zero-order valence-corrected chi connectivity index (χ0v) is 19.7. The lowest BCUT2D eigenvalue weighted by Crippen LogP contribution is -2.47. The van der Waals surface area contributed by atoms with Gasteiger partial charge in [-0.15, -0.1) is 11.3 Å². The van der Waals surface area contributed by atoms with E-state index in [0.29, 0.717) is 26.2 Å². The van der Waals surface area contributed by atoms with E-state index in [-0.39, 0.29) is 17.9 Å². The number of anilines is 1. The van der Waals surface area contributed by atoms with Crippen LogP contribution in [0.2, 0.25) is 0 Å². The van der Waals surface area contributed by atoms with Crippen LogP contribution in [-0.4, -0.2) is 57.9 Å². The summed E-state index contributed by atoms with van der Waals surface area (Å²) in [7, 11) is 0. The van der Waals surface area contributed by atoms with Crippen LogP contribution < -0.4 is 5.32 Å². The highest BCUT2D eigenvalue weighted by molar-refractivity contribution is 7.25. The minimum Gasteiger partial charge on any atom is -0.343 e. The van der Waals surface area contributed by atoms with E-state index in [9.17, 15) is 9.59 Å². The van der Waals surface area contributed by atoms with Crippen LogP contribution in [0.25, 0.3) is 31.5 Å². The van der Waals surface area contributed by atoms with Gasteiger partial charge in [-0.3, -0.25) is 4.79 Å². The number of thiophene rings is 1. The van der Waals surface area contributed by atoms with Crippen molar-refractivity contribution in [1.82, 2.24) is 19.8 Å². The molecule has 0 bridgehead atoms. The number of nitrogens with one attached hydrogen (secondary N) is 1. The van der Waals surface area contributed by atoms with E-state index in [2.05, 4.69) is 5.32 Å². The topological polar surface area (TPSA) is 78.4 Å². The average molecular weight is 462 g/mol. The van der Waals surface area contributed by atoms with Gasteiger partial charge < -0.3 is 15.1 Å². The standard InChI is InChI=1S/C25H27N5O2S/c1-3-29(4-2)24(31)16-8-7-13-30(15-16)25(32)26-17-11-12-21-18(14-17)22-23(33-21)28-20-10-6-5-9-19(20)27-22/h5-6,9-12,14,16H,3-4,7-8,13,15H2,1-2H3,(H,26,32)/t16-/m0/s1. The Morgan fingerprint density at radius 3 is 2.64 bits per heavy atom. The second-order valence-corrected chi connectivity index (χ2v) is 9.44. The Hall–Kier alpha value is -3.26. The molecule has 7 nitrogen and oxygen atoms in total. The largest absolute Gasteiger partial charge is 0.343 e. The molecular formula is C25H27N5O2S. The molecular weight excluding hydrogens is 434 g/mol. The zero-order valence-electron chi connectivity index (χ0n) is 18.9. The van der Waals surface area contributed by atoms with Gasteiger partial charge >= 0.3 is 6.03 Å². The van der Waals surface area contributed by atoms with Crippen LogP contribution in [0.5, 0.6) is 0 Å². The molecule has 0 radical (unpaired) electrons. The SMILES string of the molecule is CCN(CC)C(=O)[C@H]1CCCN(C(=O)Nc2ccc3sc4nc5ccccc5nc4c3c2)C1. The fourth-order valence-corrected chi connectivity index (χ4v) is 5.58. The third kappa shape index (κ3) is 4.11. The summed E-state index contributed by atoms with van der Waals surface area (Å²) in [6, 6.07) is 13.6. The number of urea groups is 1. The maximum atomic E-state index is 13.0. The van der Waals surface area contributed by atoms with E-state index < -0.39 is 0 Å². The number of benzene rings is 2. The lowest BCUT2D eigenvalue weighted by atomic mass is 9.96. The number of carbonyl (C=O) groups is 2. The van der Waals surface area contributed by atoms with Gasteiger partial charge in [0.2, 0.25) is 5.91 Å². The van der Waals surface area contributed by atoms with Gasteiger partial charge in [0.25, 0.3) is 0 Å². The highest BCUT2D eigenvalue weighted by atomic mass is 32.1. The van der Waals surface area contributed by atoms with Gasteiger partial charge in [0, 0.05) is 42.0 Å². The number of para-hydroxylation sites is 2. The Balaban J connectivity index is 1.37. The number of aromatic nitrogens is 2. The number of rotatable bonds is 4. The normalized spacial score (nSPS) is 16.4. The number of hydrogen-bond acceptors (Lipinski definition) is 5. The lowest BCUT2D eigenvalue weighted by Gasteiger charge is -2.34. The average Bonchev–Trinajstić information content (AvgIpc) is 3.20. The zero-order chi connectivity index (χ0) is 22.9. The maximum Gasteiger partial charge on any atom is 0.321 e. The molecule has 5 rings (SSSR count). The van der Waals surface area contributed by atoms with Crippen molar-refractivity contribution in [3.8, 4) is 0 Å². The van der Waals surface area contributed by atoms with Gasteiger partial charge in [0.1, 0.15) is 10.3 Å². The molecule has 1 aliphatic heterocycles. The van der Waals surface area contributed by atoms with Gasteiger partial charge in [-0.25, -0.2) is 14.8 Å². The third-order valence-corrected chi connectivity index (χ3v) is 7.42. The molecule has 4 aromatic rings. The smallest absolute Gasteiger partial charge is 0.321 e. The Kier molecular flexibility index (Phi) is 5.85. The number of amides is 3. The fourth-order valence-electron chi connectivity index (χ4n) is 4.58. The van der Waals surface area contributed by atoms with Crippen LogP contribution in [0.3, 0.4) is 0 Å². The van der Waals surface area contributed by atoms with E-state index in [0.717, 1.165) is 50.0 Å². The van der Waals surface area contributed by atoms with Crippen molar-refractivity contribution in [3.63, 3.8) is 0 Å². The molecule has 0 spiro atoms. The number of piperidine rings is 1. The monoisotopic (exact) mass is 461 g/mol. The molecule has 2 aromatic heterocycles. The van der Waals surface area contributed by atoms with Crippen LogP contribution in [0.4, 0.5) is 10.5 Å². The highest BCUT2D eigenvalue weighted by Gasteiger charge is 2.30. The molecule has 0 unspecified atom stereocenters. The molecule has 2 aromatic carbocycles. The van der Waals surface area contributed by atoms with Crippen molar-refractivity contribution in [2.24, 2.45) is 5.92 Å². The number of nitrogens with zero attached hydrogens (tertiary/aromatic N) is 4. The van der Waals surface area contributed by atoms with Crippen molar-refractivity contribution in [2.75, 3.05) is 31.5 Å². The van der Waals surface area contributed by atoms with Crippen LogP contribution in [0.15, 0.2) is 42.5 Å². The molecule has 3 amide bonds. The molecule has 0 aliphatic carbocycles. The molecule has 1 N–H and O–H groups in total. The molecule has 0 saturated carbocycles. The predicted molar refractivity (Wildman–Crippen MR) is 134 cm³/mol. The number of carbonyl (C=O) groups excluding carboxylic acids is 2. The summed E-state index contributed by atoms with van der Waals surface area (Å²) < 4.78 is 1.08. The van der Waals surface area contributed by atoms with E-state index in [4.69, 9.17) is 9.97 Å². The van der Waals surface area contributed by atoms with Crippen molar-refractivity contribution in [1.29, 1.82) is 0 Å². The van der Waals surface area contributed by atoms with Crippen LogP contribution in [0.1, 0.15) is 26.7 Å². The summed E-state index contributed by atoms with van der Waals surface area (Å²) in [5.41, 5.74) is 3.31. The Labute approximate surface area is 196 Å². The number of likely N-dealkylation sites (tertiary alicyclic amines) is 1. The van der Waals surface area contributed by atoms with Crippen molar-refractivity contribution >= 4 is 60.4 Å². The molecule has 33 heavy (non-hydrogen) atoms. The van der Waals surface area contributed by atoms with Gasteiger partial charge in [-0.05, 0) is 57.0 Å². The molecule has 1 atom stereocenters. The molecule has 8 heteroatoms. The van der Waals surface area contributed by atoms with E-state index in [1.165, 1.54) is 0 Å². The first kappa shape index (κ1) is 21.6. The summed E-state index contributed by atoms with van der Waals surface area (Å²) in [5.74, 6) is 0.0192. The second-order valence-electron chi connectivity index (χ2n) is 8.40. The first-order valence-corrected chi connectivity index (χ1v) is 12.3. The van der Waals surface area contributed by atoms with Gasteiger partial charge in [-0.2, -0.15) is 0 Å². The Morgan fingerprint density at radius 2 is 1.88 bits per heavy atom. The first-order valence-electron chi connectivity index (χ1n) is 11.5. The second kappa shape index (κ2) is 8.94. The van der Waals surface area contributed by atoms with Gasteiger partial charge in [-0.1, -0.05) is 12.1 Å². The minimum absolute atomic E-state index is 0.128. The third-order valence-electron chi connectivity index (χ3n) is 6.36. The van der Waals surface area contributed by atoms with Gasteiger partial charge in [0.05, 0.1) is 17.0 Å². The highest BCUT2D eigenvalue weighted by Crippen LogP contribution is 2.34. The minimum atomic E-state index is -0.164. The number of fused-ring (bicyclic) bond motifs is 4. The lowest BCUT2D eigenvalue weighted by molar-refractivity contribution is -0.136. The Morgan fingerprint density at radius 1 is 1.12 bits per heavy atom. The van der Waals surface area contributed by atoms with Crippen molar-refractivity contribution in [2.45, 2.75) is 26.7 Å². The van der Waals surface area contributed by atoms with E-state index in [1.807, 2.05) is 61.2 Å². The molecule has 3 heterocycles. The summed E-state index contributed by atoms with van der Waals surface area (Å²) >= 11 is 1.60. The van der Waals surface area contributed by atoms with Crippen LogP contribution in [-0.2, 0) is 4.79 Å². The molecule has 1 aliphatic rings. The summed E-state index contributed by atoms with van der Waals surface area (Å²) in [6.07, 6.45) is 1.67. The summed E-state index contributed by atoms with van der Waals surface area (Å²) in [5, 5.41) is 4.02. The fraction of sp³-hybridized carbons (Fsp3) is 0.360. The summed E-state index contributed by atoms with van der Waals surface area (Å²) in [6.45, 7) is 6.51. The molecule has 170 valence electrons.